The minimum atomic E-state index is -4.37. The minimum absolute atomic E-state index is 0.0763. The van der Waals surface area contributed by atoms with Crippen molar-refractivity contribution in [2.24, 2.45) is 0 Å². The van der Waals surface area contributed by atoms with Crippen molar-refractivity contribution in [3.63, 3.8) is 0 Å². The van der Waals surface area contributed by atoms with Gasteiger partial charge in [0.15, 0.2) is 0 Å². The summed E-state index contributed by atoms with van der Waals surface area (Å²) in [6.07, 6.45) is -2.82. The van der Waals surface area contributed by atoms with Crippen LogP contribution in [0.15, 0.2) is 29.4 Å². The Balaban J connectivity index is 2.26. The van der Waals surface area contributed by atoms with Gasteiger partial charge in [0.25, 0.3) is 0 Å². The number of hydrogen-bond acceptors (Lipinski definition) is 3. The molecule has 1 aromatic heterocycles. The van der Waals surface area contributed by atoms with Gasteiger partial charge in [0, 0.05) is 6.20 Å². The van der Waals surface area contributed by atoms with Crippen molar-refractivity contribution in [2.75, 3.05) is 12.3 Å². The lowest BCUT2D eigenvalue weighted by molar-refractivity contribution is -0.136. The fourth-order valence-corrected chi connectivity index (χ4v) is 1.51. The first-order valence-corrected chi connectivity index (χ1v) is 5.33. The van der Waals surface area contributed by atoms with Gasteiger partial charge < -0.3 is 5.32 Å². The number of amides is 1. The molecule has 0 aliphatic heterocycles. The lowest BCUT2D eigenvalue weighted by Crippen LogP contribution is -2.34. The van der Waals surface area contributed by atoms with Gasteiger partial charge in [-0.15, -0.1) is 0 Å². The molecule has 0 spiro atoms. The Bertz CT molecular complexity index is 342. The summed E-state index contributed by atoms with van der Waals surface area (Å²) in [5.41, 5.74) is 0. The summed E-state index contributed by atoms with van der Waals surface area (Å²) in [4.78, 5) is 14.9. The van der Waals surface area contributed by atoms with Crippen molar-refractivity contribution >= 4 is 17.7 Å². The molecule has 0 saturated carbocycles. The van der Waals surface area contributed by atoms with Crippen molar-refractivity contribution in [1.29, 1.82) is 0 Å². The van der Waals surface area contributed by atoms with E-state index in [9.17, 15) is 18.0 Å². The van der Waals surface area contributed by atoms with Crippen LogP contribution in [-0.2, 0) is 4.79 Å². The van der Waals surface area contributed by atoms with Crippen LogP contribution in [0.5, 0.6) is 0 Å². The van der Waals surface area contributed by atoms with Crippen LogP contribution in [0.2, 0.25) is 0 Å². The van der Waals surface area contributed by atoms with E-state index in [-0.39, 0.29) is 5.75 Å². The van der Waals surface area contributed by atoms with Crippen molar-refractivity contribution in [3.8, 4) is 0 Å². The van der Waals surface area contributed by atoms with E-state index in [0.717, 1.165) is 11.8 Å². The van der Waals surface area contributed by atoms with Gasteiger partial charge in [-0.25, -0.2) is 4.98 Å². The predicted molar refractivity (Wildman–Crippen MR) is 54.0 cm³/mol. The van der Waals surface area contributed by atoms with Crippen LogP contribution in [0.4, 0.5) is 13.2 Å². The Morgan fingerprint density at radius 2 is 2.19 bits per heavy atom. The number of nitrogens with one attached hydrogen (secondary N) is 1. The molecule has 16 heavy (non-hydrogen) atoms. The first-order valence-electron chi connectivity index (χ1n) is 4.35. The summed E-state index contributed by atoms with van der Waals surface area (Å²) < 4.78 is 35.2. The molecular formula is C9H9F3N2OS. The standard InChI is InChI=1S/C9H9F3N2OS/c10-9(11,12)6-14-7(15)5-16-8-3-1-2-4-13-8/h1-4H,5-6H2,(H,14,15). The fourth-order valence-electron chi connectivity index (χ4n) is 0.822. The molecule has 0 radical (unpaired) electrons. The highest BCUT2D eigenvalue weighted by atomic mass is 32.2. The van der Waals surface area contributed by atoms with Crippen molar-refractivity contribution < 1.29 is 18.0 Å². The molecule has 0 atom stereocenters. The van der Waals surface area contributed by atoms with E-state index < -0.39 is 18.6 Å². The van der Waals surface area contributed by atoms with Gasteiger partial charge in [0.1, 0.15) is 6.54 Å². The smallest absolute Gasteiger partial charge is 0.346 e. The monoisotopic (exact) mass is 250 g/mol. The normalized spacial score (nSPS) is 11.2. The summed E-state index contributed by atoms with van der Waals surface area (Å²) in [7, 11) is 0. The fraction of sp³-hybridized carbons (Fsp3) is 0.333. The predicted octanol–water partition coefficient (Wildman–Crippen LogP) is 1.85. The van der Waals surface area contributed by atoms with E-state index in [1.807, 2.05) is 0 Å². The average Bonchev–Trinajstić information content (AvgIpc) is 2.24. The molecular weight excluding hydrogens is 241 g/mol. The zero-order chi connectivity index (χ0) is 12.0. The largest absolute Gasteiger partial charge is 0.405 e. The molecule has 0 aromatic carbocycles. The third-order valence-electron chi connectivity index (χ3n) is 1.47. The van der Waals surface area contributed by atoms with Crippen LogP contribution in [0.1, 0.15) is 0 Å². The van der Waals surface area contributed by atoms with Crippen molar-refractivity contribution in [3.05, 3.63) is 24.4 Å². The zero-order valence-electron chi connectivity index (χ0n) is 8.12. The molecule has 0 unspecified atom stereocenters. The second-order valence-corrected chi connectivity index (χ2v) is 3.84. The quantitative estimate of drug-likeness (QED) is 0.829. The molecule has 1 rings (SSSR count). The number of hydrogen-bond donors (Lipinski definition) is 1. The van der Waals surface area contributed by atoms with Crippen molar-refractivity contribution in [2.45, 2.75) is 11.2 Å². The molecule has 7 heteroatoms. The molecule has 0 aliphatic carbocycles. The Kier molecular flexibility index (Phi) is 4.60. The summed E-state index contributed by atoms with van der Waals surface area (Å²) >= 11 is 1.09. The Hall–Kier alpha value is -1.24. The molecule has 1 amide bonds. The van der Waals surface area contributed by atoms with E-state index >= 15 is 0 Å². The van der Waals surface area contributed by atoms with E-state index in [1.165, 1.54) is 0 Å². The molecule has 1 aromatic rings. The highest BCUT2D eigenvalue weighted by molar-refractivity contribution is 7.99. The minimum Gasteiger partial charge on any atom is -0.346 e. The Labute approximate surface area is 94.4 Å². The van der Waals surface area contributed by atoms with E-state index in [4.69, 9.17) is 0 Å². The summed E-state index contributed by atoms with van der Waals surface area (Å²) in [6.45, 7) is -1.30. The topological polar surface area (TPSA) is 42.0 Å². The van der Waals surface area contributed by atoms with Crippen LogP contribution >= 0.6 is 11.8 Å². The first-order chi connectivity index (χ1) is 7.47. The van der Waals surface area contributed by atoms with Crippen LogP contribution in [0.25, 0.3) is 0 Å². The number of aromatic nitrogens is 1. The highest BCUT2D eigenvalue weighted by Gasteiger charge is 2.27. The van der Waals surface area contributed by atoms with E-state index in [0.29, 0.717) is 5.03 Å². The summed E-state index contributed by atoms with van der Waals surface area (Å²) in [6, 6.07) is 5.14. The second kappa shape index (κ2) is 5.74. The number of alkyl halides is 3. The van der Waals surface area contributed by atoms with Gasteiger partial charge in [-0.05, 0) is 12.1 Å². The van der Waals surface area contributed by atoms with E-state index in [1.54, 1.807) is 29.7 Å². The second-order valence-electron chi connectivity index (χ2n) is 2.85. The van der Waals surface area contributed by atoms with Crippen LogP contribution < -0.4 is 5.32 Å². The van der Waals surface area contributed by atoms with Gasteiger partial charge in [-0.3, -0.25) is 4.79 Å². The number of carbonyl (C=O) groups excluding carboxylic acids is 1. The number of nitrogens with zero attached hydrogens (tertiary/aromatic N) is 1. The molecule has 3 nitrogen and oxygen atoms in total. The van der Waals surface area contributed by atoms with Gasteiger partial charge >= 0.3 is 6.18 Å². The third-order valence-corrected chi connectivity index (χ3v) is 2.42. The number of rotatable bonds is 4. The average molecular weight is 250 g/mol. The summed E-state index contributed by atoms with van der Waals surface area (Å²) in [5, 5.41) is 2.38. The Morgan fingerprint density at radius 1 is 1.44 bits per heavy atom. The molecule has 0 fully saturated rings. The van der Waals surface area contributed by atoms with Crippen LogP contribution in [0.3, 0.4) is 0 Å². The van der Waals surface area contributed by atoms with Crippen molar-refractivity contribution in [1.82, 2.24) is 10.3 Å². The zero-order valence-corrected chi connectivity index (χ0v) is 8.94. The maximum Gasteiger partial charge on any atom is 0.405 e. The van der Waals surface area contributed by atoms with E-state index in [2.05, 4.69) is 4.98 Å². The first kappa shape index (κ1) is 12.8. The molecule has 1 heterocycles. The number of halogens is 3. The summed E-state index contributed by atoms with van der Waals surface area (Å²) in [5.74, 6) is -0.736. The maximum atomic E-state index is 11.7. The molecule has 0 saturated heterocycles. The number of carbonyl (C=O) groups is 1. The lowest BCUT2D eigenvalue weighted by atomic mass is 10.5. The molecule has 0 bridgehead atoms. The number of thioether (sulfide) groups is 1. The van der Waals surface area contributed by atoms with Gasteiger partial charge in [0.05, 0.1) is 10.8 Å². The van der Waals surface area contributed by atoms with Gasteiger partial charge in [-0.1, -0.05) is 17.8 Å². The maximum absolute atomic E-state index is 11.7. The Morgan fingerprint density at radius 3 is 2.75 bits per heavy atom. The van der Waals surface area contributed by atoms with Crippen LogP contribution in [-0.4, -0.2) is 29.4 Å². The lowest BCUT2D eigenvalue weighted by Gasteiger charge is -2.07. The SMILES string of the molecule is O=C(CSc1ccccn1)NCC(F)(F)F. The van der Waals surface area contributed by atoms with Crippen LogP contribution in [0, 0.1) is 0 Å². The van der Waals surface area contributed by atoms with Gasteiger partial charge in [-0.2, -0.15) is 13.2 Å². The molecule has 1 N–H and O–H groups in total. The number of pyridine rings is 1. The third kappa shape index (κ3) is 5.59. The molecule has 0 aliphatic rings. The highest BCUT2D eigenvalue weighted by Crippen LogP contribution is 2.14. The van der Waals surface area contributed by atoms with Gasteiger partial charge in [0.2, 0.25) is 5.91 Å². The molecule has 88 valence electrons.